The maximum Gasteiger partial charge on any atom is 0.230 e. The van der Waals surface area contributed by atoms with Gasteiger partial charge in [-0.05, 0) is 49.4 Å². The quantitative estimate of drug-likeness (QED) is 0.459. The number of hydrogen-bond donors (Lipinski definition) is 2. The molecule has 1 aromatic carbocycles. The molecule has 0 aliphatic carbocycles. The SMILES string of the molecule is CC(C)c1cnn2c(NCc3ccccc3-n3cccn3)nc(N3CCC4(CCCN4)C3)nc12. The van der Waals surface area contributed by atoms with E-state index in [0.717, 1.165) is 54.5 Å². The largest absolute Gasteiger partial charge is 0.350 e. The van der Waals surface area contributed by atoms with E-state index in [-0.39, 0.29) is 5.54 Å². The van der Waals surface area contributed by atoms with E-state index < -0.39 is 0 Å². The van der Waals surface area contributed by atoms with Crippen molar-refractivity contribution in [3.63, 3.8) is 0 Å². The first kappa shape index (κ1) is 21.1. The van der Waals surface area contributed by atoms with Crippen molar-refractivity contribution < 1.29 is 0 Å². The molecule has 3 aromatic heterocycles. The van der Waals surface area contributed by atoms with E-state index in [1.807, 2.05) is 39.8 Å². The standard InChI is InChI=1S/C25H31N9/c1-18(2)20-16-29-34-22(20)30-24(32-14-10-25(17-32)9-5-11-27-25)31-23(34)26-15-19-7-3-4-8-21(19)33-13-6-12-28-33/h3-4,6-8,12-13,16,18,27H,5,9-11,14-15,17H2,1-2H3,(H,26,30,31). The van der Waals surface area contributed by atoms with E-state index >= 15 is 0 Å². The van der Waals surface area contributed by atoms with Crippen molar-refractivity contribution in [3.8, 4) is 5.69 Å². The van der Waals surface area contributed by atoms with Gasteiger partial charge in [-0.2, -0.15) is 24.7 Å². The summed E-state index contributed by atoms with van der Waals surface area (Å²) < 4.78 is 3.73. The summed E-state index contributed by atoms with van der Waals surface area (Å²) in [7, 11) is 0. The summed E-state index contributed by atoms with van der Waals surface area (Å²) in [6, 6.07) is 10.2. The van der Waals surface area contributed by atoms with Crippen LogP contribution in [0.15, 0.2) is 48.9 Å². The number of aromatic nitrogens is 6. The lowest BCUT2D eigenvalue weighted by atomic mass is 9.97. The zero-order valence-corrected chi connectivity index (χ0v) is 19.8. The molecule has 1 spiro atoms. The summed E-state index contributed by atoms with van der Waals surface area (Å²) in [5.74, 6) is 1.82. The van der Waals surface area contributed by atoms with Crippen LogP contribution in [0.5, 0.6) is 0 Å². The Labute approximate surface area is 199 Å². The van der Waals surface area contributed by atoms with E-state index in [1.54, 1.807) is 6.20 Å². The molecule has 176 valence electrons. The summed E-state index contributed by atoms with van der Waals surface area (Å²) in [5.41, 5.74) is 4.40. The van der Waals surface area contributed by atoms with Crippen LogP contribution in [0.1, 0.15) is 50.2 Å². The molecule has 2 aliphatic rings. The van der Waals surface area contributed by atoms with E-state index in [2.05, 4.69) is 51.7 Å². The first-order chi connectivity index (χ1) is 16.6. The Balaban J connectivity index is 1.34. The predicted octanol–water partition coefficient (Wildman–Crippen LogP) is 3.38. The molecule has 34 heavy (non-hydrogen) atoms. The minimum atomic E-state index is 0.215. The van der Waals surface area contributed by atoms with Gasteiger partial charge >= 0.3 is 0 Å². The van der Waals surface area contributed by atoms with Crippen molar-refractivity contribution in [3.05, 3.63) is 60.0 Å². The molecule has 0 saturated carbocycles. The molecule has 2 aliphatic heterocycles. The summed E-state index contributed by atoms with van der Waals surface area (Å²) in [4.78, 5) is 12.3. The van der Waals surface area contributed by atoms with E-state index in [0.29, 0.717) is 18.4 Å². The highest BCUT2D eigenvalue weighted by molar-refractivity contribution is 5.57. The van der Waals surface area contributed by atoms with Crippen molar-refractivity contribution in [1.29, 1.82) is 0 Å². The number of fused-ring (bicyclic) bond motifs is 1. The molecule has 2 N–H and O–H groups in total. The Morgan fingerprint density at radius 1 is 1.12 bits per heavy atom. The fraction of sp³-hybridized carbons (Fsp3) is 0.440. The van der Waals surface area contributed by atoms with Gasteiger partial charge in [-0.15, -0.1) is 0 Å². The molecule has 4 aromatic rings. The lowest BCUT2D eigenvalue weighted by Gasteiger charge is -2.24. The van der Waals surface area contributed by atoms with Crippen LogP contribution in [-0.4, -0.2) is 54.5 Å². The fourth-order valence-electron chi connectivity index (χ4n) is 5.28. The molecule has 9 heteroatoms. The minimum absolute atomic E-state index is 0.215. The van der Waals surface area contributed by atoms with Crippen molar-refractivity contribution in [1.82, 2.24) is 34.7 Å². The summed E-state index contributed by atoms with van der Waals surface area (Å²) in [6.07, 6.45) is 9.29. The van der Waals surface area contributed by atoms with Crippen molar-refractivity contribution in [2.75, 3.05) is 29.9 Å². The van der Waals surface area contributed by atoms with Crippen LogP contribution in [0.25, 0.3) is 11.3 Å². The Hall–Kier alpha value is -3.46. The van der Waals surface area contributed by atoms with Gasteiger partial charge in [0.05, 0.1) is 11.9 Å². The van der Waals surface area contributed by atoms with E-state index in [1.165, 1.54) is 12.8 Å². The Kier molecular flexibility index (Phi) is 5.21. The van der Waals surface area contributed by atoms with Crippen LogP contribution in [0.4, 0.5) is 11.9 Å². The molecular weight excluding hydrogens is 426 g/mol. The molecule has 1 atom stereocenters. The van der Waals surface area contributed by atoms with Crippen molar-refractivity contribution in [2.24, 2.45) is 0 Å². The lowest BCUT2D eigenvalue weighted by Crippen LogP contribution is -2.42. The smallest absolute Gasteiger partial charge is 0.230 e. The molecule has 0 bridgehead atoms. The maximum absolute atomic E-state index is 5.00. The first-order valence-corrected chi connectivity index (χ1v) is 12.2. The highest BCUT2D eigenvalue weighted by Crippen LogP contribution is 2.33. The molecule has 0 amide bonds. The summed E-state index contributed by atoms with van der Waals surface area (Å²) in [5, 5.41) is 16.3. The minimum Gasteiger partial charge on any atom is -0.350 e. The second-order valence-corrected chi connectivity index (χ2v) is 9.75. The number of nitrogens with one attached hydrogen (secondary N) is 2. The molecule has 0 radical (unpaired) electrons. The zero-order valence-electron chi connectivity index (χ0n) is 19.8. The van der Waals surface area contributed by atoms with Crippen LogP contribution in [0, 0.1) is 0 Å². The lowest BCUT2D eigenvalue weighted by molar-refractivity contribution is 0.418. The monoisotopic (exact) mass is 457 g/mol. The number of nitrogens with zero attached hydrogens (tertiary/aromatic N) is 7. The third kappa shape index (κ3) is 3.69. The zero-order chi connectivity index (χ0) is 23.1. The van der Waals surface area contributed by atoms with Crippen LogP contribution in [-0.2, 0) is 6.54 Å². The van der Waals surface area contributed by atoms with Gasteiger partial charge in [0, 0.05) is 43.1 Å². The van der Waals surface area contributed by atoms with Crippen LogP contribution in [0.3, 0.4) is 0 Å². The second-order valence-electron chi connectivity index (χ2n) is 9.75. The van der Waals surface area contributed by atoms with Crippen LogP contribution in [0.2, 0.25) is 0 Å². The van der Waals surface area contributed by atoms with Gasteiger partial charge in [-0.3, -0.25) is 0 Å². The van der Waals surface area contributed by atoms with Gasteiger partial charge in [0.15, 0.2) is 5.65 Å². The third-order valence-corrected chi connectivity index (χ3v) is 7.15. The van der Waals surface area contributed by atoms with Gasteiger partial charge < -0.3 is 15.5 Å². The van der Waals surface area contributed by atoms with E-state index in [9.17, 15) is 0 Å². The number of hydrogen-bond acceptors (Lipinski definition) is 7. The summed E-state index contributed by atoms with van der Waals surface area (Å²) >= 11 is 0. The number of anilines is 2. The van der Waals surface area contributed by atoms with Gasteiger partial charge in [-0.1, -0.05) is 32.0 Å². The Morgan fingerprint density at radius 3 is 2.82 bits per heavy atom. The summed E-state index contributed by atoms with van der Waals surface area (Å²) in [6.45, 7) is 7.99. The van der Waals surface area contributed by atoms with Gasteiger partial charge in [0.2, 0.25) is 11.9 Å². The maximum atomic E-state index is 5.00. The van der Waals surface area contributed by atoms with Crippen molar-refractivity contribution >= 4 is 17.5 Å². The number of para-hydroxylation sites is 1. The Bertz CT molecular complexity index is 1290. The normalized spacial score (nSPS) is 20.3. The highest BCUT2D eigenvalue weighted by Gasteiger charge is 2.41. The van der Waals surface area contributed by atoms with E-state index in [4.69, 9.17) is 9.97 Å². The van der Waals surface area contributed by atoms with Gasteiger partial charge in [0.1, 0.15) is 0 Å². The number of rotatable bonds is 6. The molecule has 1 unspecified atom stereocenters. The highest BCUT2D eigenvalue weighted by atomic mass is 15.4. The molecule has 2 saturated heterocycles. The molecule has 6 rings (SSSR count). The molecule has 5 heterocycles. The molecule has 2 fully saturated rings. The molecule has 9 nitrogen and oxygen atoms in total. The average Bonchev–Trinajstić information content (AvgIpc) is 3.65. The number of benzene rings is 1. The fourth-order valence-corrected chi connectivity index (χ4v) is 5.28. The second kappa shape index (κ2) is 8.39. The van der Waals surface area contributed by atoms with Gasteiger partial charge in [-0.25, -0.2) is 4.68 Å². The molecular formula is C25H31N9. The van der Waals surface area contributed by atoms with Crippen molar-refractivity contribution in [2.45, 2.75) is 51.1 Å². The predicted molar refractivity (Wildman–Crippen MR) is 133 cm³/mol. The van der Waals surface area contributed by atoms with Crippen LogP contribution < -0.4 is 15.5 Å². The van der Waals surface area contributed by atoms with Gasteiger partial charge in [0.25, 0.3) is 0 Å². The van der Waals surface area contributed by atoms with Crippen LogP contribution >= 0.6 is 0 Å². The topological polar surface area (TPSA) is 88.2 Å². The average molecular weight is 458 g/mol. The first-order valence-electron chi connectivity index (χ1n) is 12.2. The Morgan fingerprint density at radius 2 is 2.03 bits per heavy atom. The third-order valence-electron chi connectivity index (χ3n) is 7.15.